The van der Waals surface area contributed by atoms with Crippen molar-refractivity contribution in [1.82, 2.24) is 0 Å². The van der Waals surface area contributed by atoms with Gasteiger partial charge in [-0.1, -0.05) is 153 Å². The van der Waals surface area contributed by atoms with Crippen molar-refractivity contribution in [2.75, 3.05) is 0 Å². The van der Waals surface area contributed by atoms with Crippen LogP contribution < -0.4 is 24.8 Å². The van der Waals surface area contributed by atoms with Crippen molar-refractivity contribution < 1.29 is 73.3 Å². The van der Waals surface area contributed by atoms with Crippen molar-refractivity contribution in [3.05, 3.63) is 166 Å². The summed E-state index contributed by atoms with van der Waals surface area (Å²) in [5, 5.41) is 0. The predicted molar refractivity (Wildman–Crippen MR) is 360 cm³/mol. The van der Waals surface area contributed by atoms with Crippen molar-refractivity contribution in [2.45, 2.75) is 285 Å². The Morgan fingerprint density at radius 1 is 0.384 bits per heavy atom. The van der Waals surface area contributed by atoms with Crippen LogP contribution in [-0.2, 0) is 83.0 Å². The number of halogens is 2. The van der Waals surface area contributed by atoms with Crippen molar-refractivity contribution >= 4 is 6.41 Å². The average molecular weight is 1350 g/mol. The van der Waals surface area contributed by atoms with E-state index in [1.807, 2.05) is 30.7 Å². The second kappa shape index (κ2) is 36.2. The van der Waals surface area contributed by atoms with Gasteiger partial charge in [0, 0.05) is 0 Å². The molecule has 12 rings (SSSR count). The standard InChI is InChI=1S/2C21H25.2C15H26.2C5H5.2ClH.2Zr/c2*1-20(2,3)16-9-7-14-11-15-8-10-17(21(4,5)6)13-19(15)18(14)12-16;2*1-3-8-14(9-4-1)12-7-13-15-10-5-2-6-11-15;2*1-2-4-5-3-1;;;;/h2*7,9-10,12-13H,11H2,1-6H3;2*14-15H,1-6,8-13H2;2*1-3H,4H2;2*1H;;/q2*-1;;;2*-1;;;2*+2/p-2. The van der Waals surface area contributed by atoms with Gasteiger partial charge in [-0.2, -0.15) is 70.8 Å². The van der Waals surface area contributed by atoms with Crippen molar-refractivity contribution in [2.24, 2.45) is 23.7 Å². The van der Waals surface area contributed by atoms with Crippen molar-refractivity contribution in [3.8, 4) is 22.3 Å². The van der Waals surface area contributed by atoms with E-state index in [-0.39, 0.29) is 46.5 Å². The van der Waals surface area contributed by atoms with E-state index in [2.05, 4.69) is 180 Å². The average Bonchev–Trinajstić information content (AvgIpc) is 2.64. The van der Waals surface area contributed by atoms with Crippen LogP contribution in [0.4, 0.5) is 0 Å². The number of allylic oxidation sites excluding steroid dienone is 8. The van der Waals surface area contributed by atoms with Crippen LogP contribution in [0.2, 0.25) is 0 Å². The Morgan fingerprint density at radius 2 is 0.663 bits per heavy atom. The van der Waals surface area contributed by atoms with E-state index in [0.29, 0.717) is 0 Å². The quantitative estimate of drug-likeness (QED) is 0.133. The van der Waals surface area contributed by atoms with Crippen LogP contribution in [0.15, 0.2) is 97.1 Å². The van der Waals surface area contributed by atoms with Gasteiger partial charge in [0.15, 0.2) is 0 Å². The zero-order chi connectivity index (χ0) is 60.3. The molecule has 0 saturated heterocycles. The van der Waals surface area contributed by atoms with E-state index in [1.165, 1.54) is 221 Å². The maximum atomic E-state index is 3.53. The molecule has 86 heavy (non-hydrogen) atoms. The summed E-state index contributed by atoms with van der Waals surface area (Å²) in [6.45, 7) is 27.3. The number of fused-ring (bicyclic) bond motifs is 6. The minimum atomic E-state index is 0. The Labute approximate surface area is 570 Å². The molecule has 0 nitrogen and oxygen atoms in total. The summed E-state index contributed by atoms with van der Waals surface area (Å²) in [4.78, 5) is 0. The molecule has 0 radical (unpaired) electrons. The Balaban J connectivity index is 0.000000198. The molecule has 0 spiro atoms. The molecule has 0 atom stereocenters. The summed E-state index contributed by atoms with van der Waals surface area (Å²) in [7, 11) is 0. The van der Waals surface area contributed by atoms with Crippen molar-refractivity contribution in [1.29, 1.82) is 0 Å². The van der Waals surface area contributed by atoms with Crippen LogP contribution in [0.5, 0.6) is 0 Å². The number of hydrogen-bond donors (Lipinski definition) is 0. The number of hydrogen-bond acceptors (Lipinski definition) is 0. The monoisotopic (exact) mass is 1350 g/mol. The Kier molecular flexibility index (Phi) is 31.5. The third-order valence-corrected chi connectivity index (χ3v) is 21.3. The molecule has 0 N–H and O–H groups in total. The Morgan fingerprint density at radius 3 is 0.895 bits per heavy atom. The van der Waals surface area contributed by atoms with Crippen LogP contribution >= 0.6 is 0 Å². The van der Waals surface area contributed by atoms with E-state index in [4.69, 9.17) is 0 Å². The summed E-state index contributed by atoms with van der Waals surface area (Å²) < 4.78 is 3.82. The second-order valence-corrected chi connectivity index (χ2v) is 34.2. The molecule has 8 aliphatic carbocycles. The molecule has 0 amide bonds. The fourth-order valence-corrected chi connectivity index (χ4v) is 16.6. The van der Waals surface area contributed by atoms with Gasteiger partial charge in [-0.05, 0) is 34.8 Å². The van der Waals surface area contributed by atoms with Crippen LogP contribution in [0.25, 0.3) is 22.3 Å². The van der Waals surface area contributed by atoms with Gasteiger partial charge in [0.25, 0.3) is 0 Å². The van der Waals surface area contributed by atoms with Gasteiger partial charge in [0.2, 0.25) is 0 Å². The van der Waals surface area contributed by atoms with Gasteiger partial charge in [0.05, 0.1) is 0 Å². The SMILES string of the molecule is CC(C)(C)c1c[c-]c2c(c1)-c1cc(C(C)(C)C)ccc1C2.CC(C)(C)c1c[c-]c2c(c1)-c1cc(C(C)(C)C)ccc1C2.[C-]1=CC=CC1.[C-]1=CC=CC1.[Cl-].[Cl-].[Zr+2]=[C](CC1CCCCC1)CC1CCCCC1.[Zr+2]=[C](CC1CCCCC1)CC1CCCCC1. The summed E-state index contributed by atoms with van der Waals surface area (Å²) in [5.41, 5.74) is 17.5. The second-order valence-electron chi connectivity index (χ2n) is 30.7. The van der Waals surface area contributed by atoms with Crippen LogP contribution in [-0.4, -0.2) is 6.41 Å². The molecule has 4 aromatic carbocycles. The molecular weight excluding hydrogens is 1240 g/mol. The maximum absolute atomic E-state index is 3.53. The molecule has 0 aromatic heterocycles. The van der Waals surface area contributed by atoms with Gasteiger partial charge in [-0.3, -0.25) is 12.2 Å². The minimum absolute atomic E-state index is 0. The fourth-order valence-electron chi connectivity index (χ4n) is 13.8. The van der Waals surface area contributed by atoms with Gasteiger partial charge >= 0.3 is 233 Å². The topological polar surface area (TPSA) is 0 Å². The molecule has 4 fully saturated rings. The third-order valence-electron chi connectivity index (χ3n) is 19.3. The van der Waals surface area contributed by atoms with Gasteiger partial charge < -0.3 is 24.8 Å². The van der Waals surface area contributed by atoms with E-state index in [9.17, 15) is 0 Å². The molecule has 8 aliphatic rings. The Hall–Kier alpha value is -2.07. The first kappa shape index (κ1) is 74.7. The Bertz CT molecular complexity index is 2450. The molecule has 0 aliphatic heterocycles. The first-order valence-corrected chi connectivity index (χ1v) is 36.4. The summed E-state index contributed by atoms with van der Waals surface area (Å²) in [6, 6.07) is 30.1. The molecule has 4 saturated carbocycles. The molecule has 464 valence electrons. The third kappa shape index (κ3) is 24.5. The zero-order valence-corrected chi connectivity index (χ0v) is 62.5. The zero-order valence-electron chi connectivity index (χ0n) is 56.1. The molecule has 4 aromatic rings. The van der Waals surface area contributed by atoms with Gasteiger partial charge in [-0.25, -0.2) is 24.3 Å². The first-order valence-electron chi connectivity index (χ1n) is 33.9. The number of benzene rings is 4. The first-order chi connectivity index (χ1) is 40.0. The molecule has 0 unspecified atom stereocenters. The normalized spacial score (nSPS) is 18.0. The van der Waals surface area contributed by atoms with Crippen LogP contribution in [0.3, 0.4) is 0 Å². The number of rotatable bonds is 8. The molecular formula is C82H112Cl2Zr2-2. The van der Waals surface area contributed by atoms with Crippen LogP contribution in [0, 0.1) is 48.0 Å². The summed E-state index contributed by atoms with van der Waals surface area (Å²) in [5.74, 6) is 4.30. The van der Waals surface area contributed by atoms with E-state index >= 15 is 0 Å². The summed E-state index contributed by atoms with van der Waals surface area (Å²) in [6.07, 6.45) is 58.4. The van der Waals surface area contributed by atoms with E-state index < -0.39 is 0 Å². The molecule has 0 bridgehead atoms. The molecule has 4 heteroatoms. The summed E-state index contributed by atoms with van der Waals surface area (Å²) >= 11 is 3.49. The van der Waals surface area contributed by atoms with Crippen molar-refractivity contribution in [3.63, 3.8) is 0 Å². The fraction of sp³-hybridized carbons (Fsp3) is 0.585. The van der Waals surface area contributed by atoms with Gasteiger partial charge in [-0.15, -0.1) is 24.0 Å². The molecule has 0 heterocycles. The van der Waals surface area contributed by atoms with Gasteiger partial charge in [0.1, 0.15) is 0 Å². The predicted octanol–water partition coefficient (Wildman–Crippen LogP) is 17.2. The van der Waals surface area contributed by atoms with E-state index in [0.717, 1.165) is 49.4 Å². The van der Waals surface area contributed by atoms with Crippen LogP contribution in [0.1, 0.15) is 295 Å². The van der Waals surface area contributed by atoms with E-state index in [1.54, 1.807) is 48.5 Å².